The number of benzene rings is 1. The van der Waals surface area contributed by atoms with Gasteiger partial charge in [-0.05, 0) is 24.3 Å². The Balaban J connectivity index is 1.23. The van der Waals surface area contributed by atoms with Crippen molar-refractivity contribution in [2.24, 2.45) is 0 Å². The van der Waals surface area contributed by atoms with Crippen LogP contribution in [-0.4, -0.2) is 61.0 Å². The predicted molar refractivity (Wildman–Crippen MR) is 108 cm³/mol. The molecule has 9 nitrogen and oxygen atoms in total. The summed E-state index contributed by atoms with van der Waals surface area (Å²) in [6.07, 6.45) is -9.16. The van der Waals surface area contributed by atoms with Crippen LogP contribution in [0.1, 0.15) is 17.3 Å². The first-order valence-electron chi connectivity index (χ1n) is 10.3. The molecule has 0 radical (unpaired) electrons. The molecular weight excluding hydrogens is 482 g/mol. The molecule has 5 rings (SSSR count). The highest BCUT2D eigenvalue weighted by Gasteiger charge is 2.38. The molecule has 35 heavy (non-hydrogen) atoms. The minimum absolute atomic E-state index is 0.00678. The number of aromatic nitrogens is 6. The maximum Gasteiger partial charge on any atom is 0.453 e. The van der Waals surface area contributed by atoms with E-state index >= 15 is 0 Å². The maximum atomic E-state index is 13.1. The normalized spacial score (nSPS) is 15.8. The van der Waals surface area contributed by atoms with Crippen molar-refractivity contribution < 1.29 is 30.9 Å². The Morgan fingerprint density at radius 1 is 0.886 bits per heavy atom. The van der Waals surface area contributed by atoms with Crippen molar-refractivity contribution in [3.8, 4) is 11.4 Å². The lowest BCUT2D eigenvalue weighted by Gasteiger charge is -2.34. The predicted octanol–water partition coefficient (Wildman–Crippen LogP) is 3.53. The van der Waals surface area contributed by atoms with Gasteiger partial charge in [-0.3, -0.25) is 4.90 Å². The molecule has 0 saturated carbocycles. The molecule has 4 aromatic rings. The van der Waals surface area contributed by atoms with Gasteiger partial charge < -0.3 is 9.42 Å². The van der Waals surface area contributed by atoms with E-state index in [1.54, 1.807) is 6.07 Å². The summed E-state index contributed by atoms with van der Waals surface area (Å²) in [5.41, 5.74) is -0.626. The van der Waals surface area contributed by atoms with Gasteiger partial charge in [-0.25, -0.2) is 0 Å². The monoisotopic (exact) mass is 498 g/mol. The minimum Gasteiger partial charge on any atom is -0.353 e. The van der Waals surface area contributed by atoms with Crippen LogP contribution in [0.2, 0.25) is 0 Å². The lowest BCUT2D eigenvalue weighted by molar-refractivity contribution is -0.146. The Labute approximate surface area is 193 Å². The fourth-order valence-electron chi connectivity index (χ4n) is 3.72. The Bertz CT molecular complexity index is 1340. The van der Waals surface area contributed by atoms with Crippen LogP contribution in [0.4, 0.5) is 32.2 Å². The molecule has 0 atom stereocenters. The zero-order valence-corrected chi connectivity index (χ0v) is 17.8. The standard InChI is InChI=1S/C20H16F6N8O/c21-19(22,23)13-3-1-2-12(10-13)17-27-16(35-31-17)11-32-6-8-33(9-7-32)15-5-4-14-28-29-18(20(24,25)26)34(14)30-15/h1-5,10H,6-9,11H2. The van der Waals surface area contributed by atoms with E-state index in [1.165, 1.54) is 18.2 Å². The van der Waals surface area contributed by atoms with Gasteiger partial charge in [-0.15, -0.1) is 15.3 Å². The van der Waals surface area contributed by atoms with Crippen LogP contribution >= 0.6 is 0 Å². The Hall–Kier alpha value is -3.75. The first kappa shape index (κ1) is 23.0. The third-order valence-electron chi connectivity index (χ3n) is 5.47. The van der Waals surface area contributed by atoms with Crippen molar-refractivity contribution in [3.05, 3.63) is 53.7 Å². The minimum atomic E-state index is -4.68. The summed E-state index contributed by atoms with van der Waals surface area (Å²) in [4.78, 5) is 8.02. The van der Waals surface area contributed by atoms with Crippen LogP contribution in [-0.2, 0) is 18.9 Å². The van der Waals surface area contributed by atoms with E-state index in [2.05, 4.69) is 25.4 Å². The second-order valence-corrected chi connectivity index (χ2v) is 7.84. The van der Waals surface area contributed by atoms with Crippen molar-refractivity contribution in [2.75, 3.05) is 31.1 Å². The van der Waals surface area contributed by atoms with Gasteiger partial charge in [0.15, 0.2) is 5.65 Å². The first-order valence-corrected chi connectivity index (χ1v) is 10.3. The quantitative estimate of drug-likeness (QED) is 0.395. The molecule has 1 aliphatic heterocycles. The third kappa shape index (κ3) is 4.76. The molecule has 0 aliphatic carbocycles. The molecular formula is C20H16F6N8O. The number of anilines is 1. The number of halogens is 6. The Morgan fingerprint density at radius 2 is 1.66 bits per heavy atom. The van der Waals surface area contributed by atoms with Gasteiger partial charge in [0, 0.05) is 31.7 Å². The Morgan fingerprint density at radius 3 is 2.37 bits per heavy atom. The Kier molecular flexibility index (Phi) is 5.57. The molecule has 0 amide bonds. The summed E-state index contributed by atoms with van der Waals surface area (Å²) in [7, 11) is 0. The van der Waals surface area contributed by atoms with Gasteiger partial charge in [-0.2, -0.15) is 35.8 Å². The largest absolute Gasteiger partial charge is 0.453 e. The molecule has 1 saturated heterocycles. The van der Waals surface area contributed by atoms with E-state index in [9.17, 15) is 26.3 Å². The van der Waals surface area contributed by atoms with Gasteiger partial charge in [0.2, 0.25) is 11.7 Å². The lowest BCUT2D eigenvalue weighted by atomic mass is 10.1. The van der Waals surface area contributed by atoms with Crippen LogP contribution < -0.4 is 4.90 Å². The highest BCUT2D eigenvalue weighted by molar-refractivity contribution is 5.55. The number of alkyl halides is 6. The zero-order chi connectivity index (χ0) is 24.8. The van der Waals surface area contributed by atoms with E-state index in [0.717, 1.165) is 12.1 Å². The van der Waals surface area contributed by atoms with Crippen molar-refractivity contribution in [1.29, 1.82) is 0 Å². The number of hydrogen-bond acceptors (Lipinski definition) is 8. The number of nitrogens with zero attached hydrogens (tertiary/aromatic N) is 8. The second kappa shape index (κ2) is 8.48. The number of fused-ring (bicyclic) bond motifs is 1. The number of piperazine rings is 1. The van der Waals surface area contributed by atoms with Crippen LogP contribution in [0.25, 0.3) is 17.0 Å². The van der Waals surface area contributed by atoms with E-state index in [4.69, 9.17) is 4.52 Å². The van der Waals surface area contributed by atoms with E-state index in [1.807, 2.05) is 9.80 Å². The molecule has 1 aromatic carbocycles. The van der Waals surface area contributed by atoms with E-state index in [-0.39, 0.29) is 29.5 Å². The zero-order valence-electron chi connectivity index (χ0n) is 17.8. The van der Waals surface area contributed by atoms with Gasteiger partial charge in [-0.1, -0.05) is 17.3 Å². The van der Waals surface area contributed by atoms with Crippen molar-refractivity contribution in [1.82, 2.24) is 34.9 Å². The molecule has 184 valence electrons. The fraction of sp³-hybridized carbons (Fsp3) is 0.350. The van der Waals surface area contributed by atoms with Crippen molar-refractivity contribution in [3.63, 3.8) is 0 Å². The molecule has 0 bridgehead atoms. The topological polar surface area (TPSA) is 88.5 Å². The van der Waals surface area contributed by atoms with Crippen molar-refractivity contribution in [2.45, 2.75) is 18.9 Å². The van der Waals surface area contributed by atoms with Crippen LogP contribution in [0.5, 0.6) is 0 Å². The average molecular weight is 498 g/mol. The molecule has 0 N–H and O–H groups in total. The van der Waals surface area contributed by atoms with Crippen LogP contribution in [0, 0.1) is 0 Å². The van der Waals surface area contributed by atoms with Gasteiger partial charge in [0.05, 0.1) is 12.1 Å². The van der Waals surface area contributed by atoms with Gasteiger partial charge in [0.25, 0.3) is 5.82 Å². The van der Waals surface area contributed by atoms with E-state index < -0.39 is 23.7 Å². The molecule has 1 aliphatic rings. The lowest BCUT2D eigenvalue weighted by Crippen LogP contribution is -2.46. The van der Waals surface area contributed by atoms with Crippen LogP contribution in [0.3, 0.4) is 0 Å². The summed E-state index contributed by atoms with van der Waals surface area (Å²) in [5.74, 6) is -0.547. The highest BCUT2D eigenvalue weighted by atomic mass is 19.4. The maximum absolute atomic E-state index is 13.1. The smallest absolute Gasteiger partial charge is 0.353 e. The van der Waals surface area contributed by atoms with E-state index in [0.29, 0.717) is 36.5 Å². The summed E-state index contributed by atoms with van der Waals surface area (Å²) >= 11 is 0. The molecule has 0 unspecified atom stereocenters. The second-order valence-electron chi connectivity index (χ2n) is 7.84. The van der Waals surface area contributed by atoms with Crippen molar-refractivity contribution >= 4 is 11.5 Å². The molecule has 1 fully saturated rings. The summed E-state index contributed by atoms with van der Waals surface area (Å²) in [5, 5.41) is 14.5. The fourth-order valence-corrected chi connectivity index (χ4v) is 3.72. The van der Waals surface area contributed by atoms with Gasteiger partial charge in [0.1, 0.15) is 5.82 Å². The SMILES string of the molecule is FC(F)(F)c1cccc(-c2noc(CN3CCN(c4ccc5nnc(C(F)(F)F)n5n4)CC3)n2)c1. The molecule has 4 heterocycles. The molecule has 0 spiro atoms. The van der Waals surface area contributed by atoms with Gasteiger partial charge >= 0.3 is 12.4 Å². The summed E-state index contributed by atoms with van der Waals surface area (Å²) in [6.45, 7) is 2.26. The third-order valence-corrected chi connectivity index (χ3v) is 5.47. The average Bonchev–Trinajstić information content (AvgIpc) is 3.46. The summed E-state index contributed by atoms with van der Waals surface area (Å²) < 4.78 is 84.1. The summed E-state index contributed by atoms with van der Waals surface area (Å²) in [6, 6.07) is 7.66. The first-order chi connectivity index (χ1) is 16.6. The molecule has 15 heteroatoms. The number of hydrogen-bond donors (Lipinski definition) is 0. The highest BCUT2D eigenvalue weighted by Crippen LogP contribution is 2.31. The molecule has 3 aromatic heterocycles. The number of rotatable bonds is 4. The van der Waals surface area contributed by atoms with Crippen LogP contribution in [0.15, 0.2) is 40.9 Å².